The summed E-state index contributed by atoms with van der Waals surface area (Å²) in [5.41, 5.74) is -2.63. The van der Waals surface area contributed by atoms with Crippen LogP contribution in [-0.2, 0) is 0 Å². The second-order valence-electron chi connectivity index (χ2n) is 10.9. The van der Waals surface area contributed by atoms with E-state index in [4.69, 9.17) is 31.8 Å². The topological polar surface area (TPSA) is 38.9 Å². The summed E-state index contributed by atoms with van der Waals surface area (Å²) in [4.78, 5) is 8.80. The minimum atomic E-state index is -0.775. The molecule has 50 heavy (non-hydrogen) atoms. The molecule has 0 atom stereocenters. The molecule has 7 aromatic carbocycles. The van der Waals surface area contributed by atoms with Gasteiger partial charge < -0.3 is 4.42 Å². The molecular formula is C46H28N2OS. The maximum atomic E-state index is 9.55. The summed E-state index contributed by atoms with van der Waals surface area (Å²) in [5, 5.41) is 0.112. The van der Waals surface area contributed by atoms with E-state index in [1.165, 1.54) is 18.2 Å². The molecule has 0 saturated heterocycles. The van der Waals surface area contributed by atoms with Crippen molar-refractivity contribution in [3.8, 4) is 55.8 Å². The third-order valence-electron chi connectivity index (χ3n) is 7.96. The molecule has 0 unspecified atom stereocenters. The molecule has 0 N–H and O–H groups in total. The van der Waals surface area contributed by atoms with Crippen molar-refractivity contribution in [1.82, 2.24) is 9.97 Å². The van der Waals surface area contributed by atoms with E-state index >= 15 is 0 Å². The number of benzene rings is 7. The van der Waals surface area contributed by atoms with E-state index in [2.05, 4.69) is 9.97 Å². The zero-order valence-corrected chi connectivity index (χ0v) is 26.0. The molecule has 0 aliphatic rings. The van der Waals surface area contributed by atoms with Crippen molar-refractivity contribution in [2.75, 3.05) is 0 Å². The van der Waals surface area contributed by atoms with E-state index < -0.39 is 144 Å². The van der Waals surface area contributed by atoms with Crippen LogP contribution in [0.15, 0.2) is 174 Å². The number of nitrogens with zero attached hydrogens (tertiary/aromatic N) is 2. The van der Waals surface area contributed by atoms with E-state index in [0.29, 0.717) is 0 Å². The molecule has 3 aromatic heterocycles. The quantitative estimate of drug-likeness (QED) is 0.182. The summed E-state index contributed by atoms with van der Waals surface area (Å²) in [5.74, 6) is 0. The summed E-state index contributed by atoms with van der Waals surface area (Å²) < 4.78 is 198. The van der Waals surface area contributed by atoms with Gasteiger partial charge in [-0.2, -0.15) is 0 Å². The van der Waals surface area contributed by atoms with E-state index in [1.807, 2.05) is 0 Å². The lowest BCUT2D eigenvalue weighted by Gasteiger charge is -2.08. The Hall–Kier alpha value is -6.36. The van der Waals surface area contributed by atoms with Crippen molar-refractivity contribution < 1.29 is 34.6 Å². The SMILES string of the molecule is [2H]c1cc(-c2c([2H])c([2H])c(-c3c([2H])c([2H])c([2H])c(-c4ccc5oc6c(-c7c([2H])cc([2H])c(-c8c([2H])c([2H])c([2H])c9c8sc8c([2H])c([2H])c([2H])c([2H])c89)c7[2H])ncnc6c5c4)c3[2H])c([2H])c2[2H])c([2H])c([2H])c1[2H]. The Morgan fingerprint density at radius 1 is 0.520 bits per heavy atom. The highest BCUT2D eigenvalue weighted by molar-refractivity contribution is 7.26. The third-order valence-corrected chi connectivity index (χ3v) is 9.09. The first-order chi connectivity index (χ1) is 33.9. The number of hydrogen-bond acceptors (Lipinski definition) is 4. The number of hydrogen-bond donors (Lipinski definition) is 0. The summed E-state index contributed by atoms with van der Waals surface area (Å²) >= 11 is 0.820. The molecule has 0 bridgehead atoms. The molecule has 234 valence electrons. The first-order valence-electron chi connectivity index (χ1n) is 25.9. The molecule has 0 amide bonds. The average Bonchev–Trinajstić information content (AvgIpc) is 3.93. The van der Waals surface area contributed by atoms with Crippen molar-refractivity contribution in [2.45, 2.75) is 0 Å². The van der Waals surface area contributed by atoms with Crippen LogP contribution in [-0.4, -0.2) is 9.97 Å². The van der Waals surface area contributed by atoms with Gasteiger partial charge in [-0.05, 0) is 74.8 Å². The smallest absolute Gasteiger partial charge is 0.180 e. The predicted molar refractivity (Wildman–Crippen MR) is 209 cm³/mol. The molecule has 10 aromatic rings. The Morgan fingerprint density at radius 2 is 1.26 bits per heavy atom. The van der Waals surface area contributed by atoms with Gasteiger partial charge >= 0.3 is 0 Å². The van der Waals surface area contributed by atoms with Crippen LogP contribution in [0.25, 0.3) is 98.0 Å². The maximum absolute atomic E-state index is 9.55. The molecule has 10 rings (SSSR count). The number of aromatic nitrogens is 2. The largest absolute Gasteiger partial charge is 0.452 e. The molecule has 3 nitrogen and oxygen atoms in total. The van der Waals surface area contributed by atoms with E-state index in [9.17, 15) is 2.74 Å². The van der Waals surface area contributed by atoms with Gasteiger partial charge in [0.25, 0.3) is 0 Å². The van der Waals surface area contributed by atoms with Crippen molar-refractivity contribution >= 4 is 53.6 Å². The minimum Gasteiger partial charge on any atom is -0.452 e. The maximum Gasteiger partial charge on any atom is 0.180 e. The molecule has 0 fully saturated rings. The number of fused-ring (bicyclic) bond motifs is 6. The van der Waals surface area contributed by atoms with E-state index in [0.717, 1.165) is 29.8 Å². The lowest BCUT2D eigenvalue weighted by Crippen LogP contribution is -1.88. The Bertz CT molecular complexity index is 4120. The van der Waals surface area contributed by atoms with Crippen molar-refractivity contribution in [3.05, 3.63) is 170 Å². The standard InChI is InChI=1S/C46H28N2OS/c1-2-9-29(10-3-1)30-19-21-31(22-20-30)32-11-6-12-33(25-32)34-23-24-41-40(27-34)44-45(49-41)43(47-28-48-44)36-14-7-13-35(26-36)37-16-8-17-39-38-15-4-5-18-42(38)50-46(37)39/h1-28H/i1D,2D,3D,4D,5D,6D,8D,9D,11D,12D,13D,14D,15D,16D,17D,18D,19D,20D,21D,22D,25D,26D. The molecule has 0 radical (unpaired) electrons. The molecule has 0 aliphatic heterocycles. The second-order valence-corrected chi connectivity index (χ2v) is 11.9. The fraction of sp³-hybridized carbons (Fsp3) is 0. The zero-order valence-electron chi connectivity index (χ0n) is 47.2. The summed E-state index contributed by atoms with van der Waals surface area (Å²) in [6.45, 7) is 0. The molecule has 0 saturated carbocycles. The van der Waals surface area contributed by atoms with Gasteiger partial charge in [0.05, 0.1) is 30.2 Å². The van der Waals surface area contributed by atoms with Gasteiger partial charge in [-0.3, -0.25) is 0 Å². The van der Waals surface area contributed by atoms with Crippen LogP contribution in [0.3, 0.4) is 0 Å². The third kappa shape index (κ3) is 4.80. The van der Waals surface area contributed by atoms with Gasteiger partial charge in [0.2, 0.25) is 0 Å². The predicted octanol–water partition coefficient (Wildman–Crippen LogP) is 13.1. The first-order valence-corrected chi connectivity index (χ1v) is 15.7. The fourth-order valence-electron chi connectivity index (χ4n) is 5.65. The zero-order chi connectivity index (χ0) is 52.2. The fourth-order valence-corrected chi connectivity index (χ4v) is 6.72. The molecule has 0 aliphatic carbocycles. The van der Waals surface area contributed by atoms with Gasteiger partial charge in [0.1, 0.15) is 23.1 Å². The van der Waals surface area contributed by atoms with E-state index in [1.54, 1.807) is 0 Å². The number of furan rings is 1. The van der Waals surface area contributed by atoms with Crippen LogP contribution in [0.2, 0.25) is 0 Å². The van der Waals surface area contributed by atoms with Crippen LogP contribution in [0.1, 0.15) is 30.2 Å². The molecule has 3 heterocycles. The highest BCUT2D eigenvalue weighted by atomic mass is 32.1. The van der Waals surface area contributed by atoms with Crippen LogP contribution >= 0.6 is 11.3 Å². The van der Waals surface area contributed by atoms with Crippen LogP contribution in [0, 0.1) is 0 Å². The van der Waals surface area contributed by atoms with Gasteiger partial charge in [0.15, 0.2) is 5.58 Å². The van der Waals surface area contributed by atoms with Crippen molar-refractivity contribution in [1.29, 1.82) is 0 Å². The highest BCUT2D eigenvalue weighted by Crippen LogP contribution is 2.41. The van der Waals surface area contributed by atoms with Gasteiger partial charge in [-0.25, -0.2) is 9.97 Å². The highest BCUT2D eigenvalue weighted by Gasteiger charge is 2.17. The first kappa shape index (κ1) is 14.2. The lowest BCUT2D eigenvalue weighted by molar-refractivity contribution is 0.667. The summed E-state index contributed by atoms with van der Waals surface area (Å²) in [6, 6.07) is -6.68. The minimum absolute atomic E-state index is 0.0395. The summed E-state index contributed by atoms with van der Waals surface area (Å²) in [6.07, 6.45) is 1.11. The Labute approximate surface area is 323 Å². The Morgan fingerprint density at radius 3 is 2.18 bits per heavy atom. The van der Waals surface area contributed by atoms with Gasteiger partial charge in [-0.15, -0.1) is 11.3 Å². The molecular weight excluding hydrogens is 629 g/mol. The van der Waals surface area contributed by atoms with Crippen LogP contribution in [0.5, 0.6) is 0 Å². The average molecular weight is 679 g/mol. The number of rotatable bonds is 5. The monoisotopic (exact) mass is 678 g/mol. The normalized spacial score (nSPS) is 17.8. The lowest BCUT2D eigenvalue weighted by atomic mass is 9.96. The van der Waals surface area contributed by atoms with E-state index in [-0.39, 0.29) is 87.4 Å². The number of thiophene rings is 1. The Balaban J connectivity index is 1.16. The van der Waals surface area contributed by atoms with Crippen LogP contribution < -0.4 is 0 Å². The van der Waals surface area contributed by atoms with Gasteiger partial charge in [-0.1, -0.05) is 133 Å². The van der Waals surface area contributed by atoms with Crippen LogP contribution in [0.4, 0.5) is 0 Å². The van der Waals surface area contributed by atoms with Crippen molar-refractivity contribution in [3.63, 3.8) is 0 Å². The van der Waals surface area contributed by atoms with Crippen molar-refractivity contribution in [2.24, 2.45) is 0 Å². The Kier molecular flexibility index (Phi) is 3.32. The second kappa shape index (κ2) is 11.7. The molecule has 0 spiro atoms. The summed E-state index contributed by atoms with van der Waals surface area (Å²) in [7, 11) is 0. The molecule has 4 heteroatoms. The van der Waals surface area contributed by atoms with Gasteiger partial charge in [0, 0.05) is 31.1 Å².